The molecule has 4 unspecified atom stereocenters. The lowest BCUT2D eigenvalue weighted by Crippen LogP contribution is -2.45. The van der Waals surface area contributed by atoms with Crippen LogP contribution < -0.4 is 4.74 Å². The summed E-state index contributed by atoms with van der Waals surface area (Å²) in [5.41, 5.74) is -0.744. The highest BCUT2D eigenvalue weighted by Gasteiger charge is 2.54. The van der Waals surface area contributed by atoms with Gasteiger partial charge >= 0.3 is 6.18 Å². The van der Waals surface area contributed by atoms with Crippen LogP contribution in [0.1, 0.15) is 59.9 Å². The third-order valence-corrected chi connectivity index (χ3v) is 18.4. The molecule has 5 atom stereocenters. The van der Waals surface area contributed by atoms with Crippen molar-refractivity contribution in [1.82, 2.24) is 0 Å². The summed E-state index contributed by atoms with van der Waals surface area (Å²) in [4.78, 5) is 12.8. The normalized spacial score (nSPS) is 25.5. The second-order valence-corrected chi connectivity index (χ2v) is 23.8. The van der Waals surface area contributed by atoms with Crippen molar-refractivity contribution in [1.29, 1.82) is 0 Å². The van der Waals surface area contributed by atoms with E-state index in [4.69, 9.17) is 13.6 Å². The van der Waals surface area contributed by atoms with Gasteiger partial charge in [0.1, 0.15) is 18.1 Å². The van der Waals surface area contributed by atoms with E-state index in [1.165, 1.54) is 12.1 Å². The van der Waals surface area contributed by atoms with E-state index < -0.39 is 34.5 Å². The monoisotopic (exact) mass is 584 g/mol. The molecule has 0 heterocycles. The molecule has 2 aliphatic carbocycles. The number of alkyl halides is 3. The number of fused-ring (bicyclic) bond motifs is 2. The van der Waals surface area contributed by atoms with E-state index >= 15 is 0 Å². The number of carbonyl (C=O) groups excluding carboxylic acids is 1. The van der Waals surface area contributed by atoms with Crippen molar-refractivity contribution in [2.75, 3.05) is 6.61 Å². The van der Waals surface area contributed by atoms with Gasteiger partial charge in [-0.2, -0.15) is 13.2 Å². The average molecular weight is 585 g/mol. The molecule has 220 valence electrons. The van der Waals surface area contributed by atoms with Crippen LogP contribution in [-0.2, 0) is 19.8 Å². The molecular weight excluding hydrogens is 537 g/mol. The van der Waals surface area contributed by atoms with Gasteiger partial charge in [-0.25, -0.2) is 0 Å². The van der Waals surface area contributed by atoms with E-state index in [-0.39, 0.29) is 46.3 Å². The van der Waals surface area contributed by atoms with Gasteiger partial charge in [-0.1, -0.05) is 59.8 Å². The molecule has 0 amide bonds. The minimum Gasteiger partial charge on any atom is -0.491 e. The van der Waals surface area contributed by atoms with E-state index in [1.807, 2.05) is 6.08 Å². The maximum absolute atomic E-state index is 13.2. The zero-order valence-electron chi connectivity index (χ0n) is 25.2. The van der Waals surface area contributed by atoms with Crippen molar-refractivity contribution in [3.05, 3.63) is 42.0 Å². The van der Waals surface area contributed by atoms with Gasteiger partial charge in [0.05, 0.1) is 11.7 Å². The lowest BCUT2D eigenvalue weighted by Gasteiger charge is -2.40. The molecule has 0 N–H and O–H groups in total. The summed E-state index contributed by atoms with van der Waals surface area (Å²) in [5.74, 6) is 0.615. The van der Waals surface area contributed by atoms with Crippen LogP contribution in [0.5, 0.6) is 5.75 Å². The van der Waals surface area contributed by atoms with Crippen LogP contribution in [0.4, 0.5) is 13.2 Å². The average Bonchev–Trinajstić information content (AvgIpc) is 3.25. The fourth-order valence-corrected chi connectivity index (χ4v) is 7.61. The minimum absolute atomic E-state index is 0.0558. The molecule has 0 saturated heterocycles. The lowest BCUT2D eigenvalue weighted by atomic mass is 9.96. The third kappa shape index (κ3) is 7.46. The molecule has 39 heavy (non-hydrogen) atoms. The van der Waals surface area contributed by atoms with E-state index in [1.54, 1.807) is 0 Å². The Bertz CT molecular complexity index is 1050. The van der Waals surface area contributed by atoms with Crippen LogP contribution in [0.15, 0.2) is 36.4 Å². The molecule has 0 radical (unpaired) electrons. The zero-order valence-corrected chi connectivity index (χ0v) is 27.2. The fraction of sp³-hybridized carbons (Fsp3) is 0.700. The van der Waals surface area contributed by atoms with Gasteiger partial charge in [0, 0.05) is 18.4 Å². The Hall–Kier alpha value is -1.43. The molecule has 4 nitrogen and oxygen atoms in total. The molecule has 3 rings (SSSR count). The quantitative estimate of drug-likeness (QED) is 0.215. The Labute approximate surface area is 234 Å². The smallest absolute Gasteiger partial charge is 0.416 e. The lowest BCUT2D eigenvalue weighted by molar-refractivity contribution is -0.137. The van der Waals surface area contributed by atoms with Gasteiger partial charge in [-0.3, -0.25) is 4.79 Å². The molecule has 2 aliphatic rings. The number of ether oxygens (including phenoxy) is 1. The van der Waals surface area contributed by atoms with E-state index in [2.05, 4.69) is 73.8 Å². The molecule has 1 aromatic carbocycles. The Kier molecular flexibility index (Phi) is 9.13. The van der Waals surface area contributed by atoms with Crippen molar-refractivity contribution in [3.63, 3.8) is 0 Å². The molecule has 2 fully saturated rings. The Morgan fingerprint density at radius 1 is 1.00 bits per heavy atom. The molecule has 2 saturated carbocycles. The van der Waals surface area contributed by atoms with Crippen molar-refractivity contribution in [2.24, 2.45) is 17.8 Å². The van der Waals surface area contributed by atoms with Crippen molar-refractivity contribution >= 4 is 22.4 Å². The Morgan fingerprint density at radius 3 is 2.18 bits per heavy atom. The fourth-order valence-electron chi connectivity index (χ4n) is 4.97. The molecule has 9 heteroatoms. The summed E-state index contributed by atoms with van der Waals surface area (Å²) in [6.45, 7) is 22.0. The number of carbonyl (C=O) groups is 1. The summed E-state index contributed by atoms with van der Waals surface area (Å²) in [5, 5.41) is 0.0345. The van der Waals surface area contributed by atoms with Crippen LogP contribution in [0.3, 0.4) is 0 Å². The first kappa shape index (κ1) is 32.1. The molecule has 0 spiro atoms. The standard InChI is InChI=1S/C30H47F3O4Si2/c1-28(2,3)38(7,8)36-22(19-35-21-13-11-12-20(16-21)30(31,32)33)14-15-23-24-18-27(25(23)17-26(24)34)37-39(9,10)29(4,5)6/h11-16,22-25,27H,17-19H2,1-10H3/b15-14+/t22-,23?,24?,25?,27?/m1/s1. The highest BCUT2D eigenvalue weighted by molar-refractivity contribution is 6.74. The highest BCUT2D eigenvalue weighted by atomic mass is 28.4. The van der Waals surface area contributed by atoms with Crippen molar-refractivity contribution < 1.29 is 31.6 Å². The first-order chi connectivity index (χ1) is 17.6. The van der Waals surface area contributed by atoms with Gasteiger partial charge in [-0.15, -0.1) is 0 Å². The number of rotatable bonds is 9. The first-order valence-corrected chi connectivity index (χ1v) is 19.8. The van der Waals surface area contributed by atoms with Crippen LogP contribution in [0.2, 0.25) is 36.3 Å². The maximum Gasteiger partial charge on any atom is 0.416 e. The van der Waals surface area contributed by atoms with Crippen LogP contribution in [0, 0.1) is 17.8 Å². The second kappa shape index (κ2) is 11.1. The van der Waals surface area contributed by atoms with Crippen LogP contribution in [0.25, 0.3) is 0 Å². The number of hydrogen-bond acceptors (Lipinski definition) is 4. The number of allylic oxidation sites excluding steroid dienone is 1. The second-order valence-electron chi connectivity index (χ2n) is 14.3. The summed E-state index contributed by atoms with van der Waals surface area (Å²) in [7, 11) is -4.20. The van der Waals surface area contributed by atoms with Gasteiger partial charge in [-0.05, 0) is 72.7 Å². The molecule has 0 aliphatic heterocycles. The van der Waals surface area contributed by atoms with Crippen LogP contribution >= 0.6 is 0 Å². The summed E-state index contributed by atoms with van der Waals surface area (Å²) in [6, 6.07) is 4.93. The number of halogens is 3. The molecule has 2 bridgehead atoms. The Morgan fingerprint density at radius 2 is 1.62 bits per heavy atom. The predicted octanol–water partition coefficient (Wildman–Crippen LogP) is 8.65. The molecule has 1 aromatic rings. The SMILES string of the molecule is CC(C)(C)[Si](C)(C)OC1CC2C(=O)CC1C2/C=C/[C@H](COc1cccc(C(F)(F)F)c1)O[Si](C)(C)C(C)(C)C. The number of benzene rings is 1. The largest absolute Gasteiger partial charge is 0.491 e. The van der Waals surface area contributed by atoms with Crippen LogP contribution in [-0.4, -0.2) is 41.2 Å². The van der Waals surface area contributed by atoms with Crippen molar-refractivity contribution in [3.8, 4) is 5.75 Å². The van der Waals surface area contributed by atoms with E-state index in [9.17, 15) is 18.0 Å². The van der Waals surface area contributed by atoms with Gasteiger partial charge in [0.15, 0.2) is 16.6 Å². The molecular formula is C30H47F3O4Si2. The minimum atomic E-state index is -4.44. The zero-order chi connectivity index (χ0) is 29.6. The first-order valence-electron chi connectivity index (χ1n) is 14.0. The van der Waals surface area contributed by atoms with Gasteiger partial charge < -0.3 is 13.6 Å². The number of hydrogen-bond donors (Lipinski definition) is 0. The molecule has 0 aromatic heterocycles. The summed E-state index contributed by atoms with van der Waals surface area (Å²) < 4.78 is 58.9. The number of Topliss-reactive ketones (excluding diaryl/α,β-unsaturated/α-hetero) is 1. The predicted molar refractivity (Wildman–Crippen MR) is 155 cm³/mol. The summed E-state index contributed by atoms with van der Waals surface area (Å²) >= 11 is 0. The van der Waals surface area contributed by atoms with Gasteiger partial charge in [0.25, 0.3) is 0 Å². The van der Waals surface area contributed by atoms with Crippen molar-refractivity contribution in [2.45, 2.75) is 109 Å². The van der Waals surface area contributed by atoms with Gasteiger partial charge in [0.2, 0.25) is 0 Å². The number of ketones is 1. The topological polar surface area (TPSA) is 44.8 Å². The summed E-state index contributed by atoms with van der Waals surface area (Å²) in [6.07, 6.45) is 0.550. The maximum atomic E-state index is 13.2. The Balaban J connectivity index is 1.80. The highest BCUT2D eigenvalue weighted by Crippen LogP contribution is 2.51. The van der Waals surface area contributed by atoms with E-state index in [0.717, 1.165) is 18.6 Å². The van der Waals surface area contributed by atoms with E-state index in [0.29, 0.717) is 12.2 Å². The third-order valence-electron chi connectivity index (χ3n) is 9.40.